The van der Waals surface area contributed by atoms with Crippen molar-refractivity contribution < 1.29 is 23.1 Å². The zero-order valence-electron chi connectivity index (χ0n) is 12.5. The molecule has 1 aromatic carbocycles. The number of hydrogen-bond donors (Lipinski definition) is 1. The molecule has 0 saturated carbocycles. The van der Waals surface area contributed by atoms with Gasteiger partial charge in [0.2, 0.25) is 0 Å². The third kappa shape index (κ3) is 3.88. The third-order valence-corrected chi connectivity index (χ3v) is 3.12. The van der Waals surface area contributed by atoms with Crippen LogP contribution in [0.4, 0.5) is 8.78 Å². The number of amides is 1. The molecule has 0 radical (unpaired) electrons. The molecule has 7 heteroatoms. The van der Waals surface area contributed by atoms with E-state index in [0.717, 1.165) is 24.8 Å². The molecular weight excluding hydrogens is 306 g/mol. The van der Waals surface area contributed by atoms with E-state index in [-0.39, 0.29) is 11.1 Å². The Balaban J connectivity index is 2.32. The minimum Gasteiger partial charge on any atom is -0.467 e. The first-order valence-electron chi connectivity index (χ1n) is 6.67. The number of aromatic nitrogens is 1. The van der Waals surface area contributed by atoms with Gasteiger partial charge in [-0.3, -0.25) is 9.78 Å². The summed E-state index contributed by atoms with van der Waals surface area (Å²) in [5.41, 5.74) is 0.772. The first-order chi connectivity index (χ1) is 10.9. The van der Waals surface area contributed by atoms with Crippen molar-refractivity contribution in [2.45, 2.75) is 13.0 Å². The molecule has 1 heterocycles. The number of nitrogens with zero attached hydrogens (tertiary/aromatic N) is 1. The molecular formula is C16H14F2N2O3. The lowest BCUT2D eigenvalue weighted by molar-refractivity contribution is -0.143. The summed E-state index contributed by atoms with van der Waals surface area (Å²) < 4.78 is 31.5. The van der Waals surface area contributed by atoms with Gasteiger partial charge in [0, 0.05) is 24.0 Å². The summed E-state index contributed by atoms with van der Waals surface area (Å²) in [6, 6.07) is 2.88. The minimum atomic E-state index is -1.39. The van der Waals surface area contributed by atoms with Crippen LogP contribution in [-0.4, -0.2) is 24.0 Å². The topological polar surface area (TPSA) is 68.3 Å². The van der Waals surface area contributed by atoms with Crippen LogP contribution in [0.15, 0.2) is 36.7 Å². The molecule has 2 rings (SSSR count). The largest absolute Gasteiger partial charge is 0.467 e. The van der Waals surface area contributed by atoms with E-state index in [2.05, 4.69) is 15.0 Å². The summed E-state index contributed by atoms with van der Waals surface area (Å²) in [7, 11) is 1.11. The maximum absolute atomic E-state index is 13.9. The number of ether oxygens (including phenoxy) is 1. The van der Waals surface area contributed by atoms with E-state index in [1.54, 1.807) is 19.2 Å². The molecule has 0 bridgehead atoms. The van der Waals surface area contributed by atoms with Gasteiger partial charge in [0.1, 0.15) is 11.6 Å². The van der Waals surface area contributed by atoms with E-state index in [1.165, 1.54) is 6.20 Å². The molecule has 0 aliphatic heterocycles. The van der Waals surface area contributed by atoms with Crippen molar-refractivity contribution in [1.29, 1.82) is 0 Å². The van der Waals surface area contributed by atoms with Gasteiger partial charge in [-0.15, -0.1) is 0 Å². The van der Waals surface area contributed by atoms with Gasteiger partial charge in [-0.2, -0.15) is 0 Å². The van der Waals surface area contributed by atoms with Crippen LogP contribution in [0.3, 0.4) is 0 Å². The van der Waals surface area contributed by atoms with E-state index in [0.29, 0.717) is 6.07 Å². The van der Waals surface area contributed by atoms with Crippen LogP contribution in [0.1, 0.15) is 27.5 Å². The Morgan fingerprint density at radius 3 is 2.57 bits per heavy atom. The number of esters is 1. The Bertz CT molecular complexity index is 750. The second-order valence-corrected chi connectivity index (χ2v) is 4.85. The minimum absolute atomic E-state index is 0.188. The summed E-state index contributed by atoms with van der Waals surface area (Å²) in [5.74, 6) is -3.24. The molecule has 5 nitrogen and oxygen atoms in total. The molecule has 0 spiro atoms. The van der Waals surface area contributed by atoms with Crippen LogP contribution in [0.2, 0.25) is 0 Å². The van der Waals surface area contributed by atoms with Crippen LogP contribution in [0.25, 0.3) is 0 Å². The first-order valence-corrected chi connectivity index (χ1v) is 6.67. The van der Waals surface area contributed by atoms with E-state index >= 15 is 0 Å². The van der Waals surface area contributed by atoms with Crippen LogP contribution in [-0.2, 0) is 9.53 Å². The van der Waals surface area contributed by atoms with Crippen molar-refractivity contribution in [3.05, 3.63) is 65.0 Å². The fourth-order valence-electron chi connectivity index (χ4n) is 2.01. The standard InChI is InChI=1S/C16H14F2N2O3/c1-9-5-10(8-19-7-9)15(21)20-14(16(22)23-2)12-4-3-11(17)6-13(12)18/h3-8,14H,1-2H3,(H,20,21)/t14-/m0/s1. The monoisotopic (exact) mass is 320 g/mol. The fourth-order valence-corrected chi connectivity index (χ4v) is 2.01. The summed E-state index contributed by atoms with van der Waals surface area (Å²) in [5, 5.41) is 2.37. The second-order valence-electron chi connectivity index (χ2n) is 4.85. The molecule has 1 amide bonds. The van der Waals surface area contributed by atoms with Crippen LogP contribution >= 0.6 is 0 Å². The maximum Gasteiger partial charge on any atom is 0.333 e. The van der Waals surface area contributed by atoms with Crippen LogP contribution in [0, 0.1) is 18.6 Å². The number of halogens is 2. The van der Waals surface area contributed by atoms with Gasteiger partial charge in [-0.1, -0.05) is 6.07 Å². The highest BCUT2D eigenvalue weighted by Crippen LogP contribution is 2.20. The fraction of sp³-hybridized carbons (Fsp3) is 0.188. The third-order valence-electron chi connectivity index (χ3n) is 3.12. The highest BCUT2D eigenvalue weighted by atomic mass is 19.1. The van der Waals surface area contributed by atoms with Crippen molar-refractivity contribution in [1.82, 2.24) is 10.3 Å². The maximum atomic E-state index is 13.9. The van der Waals surface area contributed by atoms with Crippen molar-refractivity contribution in [2.75, 3.05) is 7.11 Å². The number of rotatable bonds is 4. The van der Waals surface area contributed by atoms with Crippen molar-refractivity contribution >= 4 is 11.9 Å². The molecule has 1 N–H and O–H groups in total. The summed E-state index contributed by atoms with van der Waals surface area (Å²) in [6.07, 6.45) is 2.88. The number of aryl methyl sites for hydroxylation is 1. The van der Waals surface area contributed by atoms with Crippen LogP contribution in [0.5, 0.6) is 0 Å². The molecule has 1 aromatic heterocycles. The molecule has 0 fully saturated rings. The summed E-state index contributed by atoms with van der Waals surface area (Å²) in [4.78, 5) is 28.0. The first kappa shape index (κ1) is 16.5. The summed E-state index contributed by atoms with van der Waals surface area (Å²) >= 11 is 0. The van der Waals surface area contributed by atoms with Gasteiger partial charge in [-0.25, -0.2) is 13.6 Å². The van der Waals surface area contributed by atoms with Crippen LogP contribution < -0.4 is 5.32 Å². The van der Waals surface area contributed by atoms with Crippen molar-refractivity contribution in [2.24, 2.45) is 0 Å². The van der Waals surface area contributed by atoms with E-state index in [9.17, 15) is 18.4 Å². The lowest BCUT2D eigenvalue weighted by Gasteiger charge is -2.17. The average Bonchev–Trinajstić information content (AvgIpc) is 2.52. The molecule has 0 aliphatic rings. The predicted molar refractivity (Wildman–Crippen MR) is 77.6 cm³/mol. The van der Waals surface area contributed by atoms with Gasteiger partial charge in [0.25, 0.3) is 5.91 Å². The molecule has 0 unspecified atom stereocenters. The van der Waals surface area contributed by atoms with Crippen molar-refractivity contribution in [3.8, 4) is 0 Å². The van der Waals surface area contributed by atoms with Gasteiger partial charge >= 0.3 is 5.97 Å². The normalized spacial score (nSPS) is 11.7. The molecule has 0 aliphatic carbocycles. The van der Waals surface area contributed by atoms with E-state index < -0.39 is 29.6 Å². The van der Waals surface area contributed by atoms with Gasteiger partial charge in [0.15, 0.2) is 6.04 Å². The number of pyridine rings is 1. The smallest absolute Gasteiger partial charge is 0.333 e. The number of nitrogens with one attached hydrogen (secondary N) is 1. The molecule has 0 saturated heterocycles. The Morgan fingerprint density at radius 2 is 1.96 bits per heavy atom. The van der Waals surface area contributed by atoms with Gasteiger partial charge < -0.3 is 10.1 Å². The average molecular weight is 320 g/mol. The number of benzene rings is 1. The lowest BCUT2D eigenvalue weighted by Crippen LogP contribution is -2.35. The second kappa shape index (κ2) is 6.95. The Hall–Kier alpha value is -2.83. The molecule has 2 aromatic rings. The van der Waals surface area contributed by atoms with Gasteiger partial charge in [-0.05, 0) is 24.6 Å². The van der Waals surface area contributed by atoms with Gasteiger partial charge in [0.05, 0.1) is 12.7 Å². The molecule has 1 atom stereocenters. The van der Waals surface area contributed by atoms with E-state index in [1.807, 2.05) is 0 Å². The Labute approximate surface area is 131 Å². The SMILES string of the molecule is COC(=O)[C@@H](NC(=O)c1cncc(C)c1)c1ccc(F)cc1F. The van der Waals surface area contributed by atoms with E-state index in [4.69, 9.17) is 0 Å². The van der Waals surface area contributed by atoms with Crippen molar-refractivity contribution in [3.63, 3.8) is 0 Å². The Kier molecular flexibility index (Phi) is 5.00. The highest BCUT2D eigenvalue weighted by Gasteiger charge is 2.27. The highest BCUT2D eigenvalue weighted by molar-refractivity contribution is 5.96. The number of methoxy groups -OCH3 is 1. The zero-order chi connectivity index (χ0) is 17.0. The molecule has 120 valence electrons. The number of hydrogen-bond acceptors (Lipinski definition) is 4. The predicted octanol–water partition coefficient (Wildman–Crippen LogP) is 2.31. The summed E-state index contributed by atoms with van der Waals surface area (Å²) in [6.45, 7) is 1.75. The lowest BCUT2D eigenvalue weighted by atomic mass is 10.1. The number of carbonyl (C=O) groups excluding carboxylic acids is 2. The zero-order valence-corrected chi connectivity index (χ0v) is 12.5. The quantitative estimate of drug-likeness (QED) is 0.878. The Morgan fingerprint density at radius 1 is 1.22 bits per heavy atom. The number of carbonyl (C=O) groups is 2. The molecule has 23 heavy (non-hydrogen) atoms.